The summed E-state index contributed by atoms with van der Waals surface area (Å²) in [7, 11) is 0. The molecule has 3 atom stereocenters. The highest BCUT2D eigenvalue weighted by Gasteiger charge is 2.48. The molecule has 0 radical (unpaired) electrons. The maximum atomic E-state index is 13.3. The van der Waals surface area contributed by atoms with E-state index in [2.05, 4.69) is 52.5 Å². The molecule has 1 aromatic heterocycles. The second-order valence-electron chi connectivity index (χ2n) is 8.56. The monoisotopic (exact) mass is 377 g/mol. The van der Waals surface area contributed by atoms with E-state index in [1.807, 2.05) is 18.2 Å². The van der Waals surface area contributed by atoms with Gasteiger partial charge in [-0.05, 0) is 50.3 Å². The molecule has 4 rings (SSSR count). The highest BCUT2D eigenvalue weighted by molar-refractivity contribution is 5.79. The van der Waals surface area contributed by atoms with E-state index in [1.165, 1.54) is 18.4 Å². The van der Waals surface area contributed by atoms with E-state index >= 15 is 0 Å². The molecule has 4 nitrogen and oxygen atoms in total. The lowest BCUT2D eigenvalue weighted by Gasteiger charge is -2.44. The number of rotatable bonds is 4. The number of carbonyl (C=O) groups is 1. The SMILES string of the molecule is C[C@]12C[C@@H](Cc3ccccc3)N[C@H]1CCCCCN2C(=O)Cc1ccccn1. The summed E-state index contributed by atoms with van der Waals surface area (Å²) in [4.78, 5) is 19.9. The summed E-state index contributed by atoms with van der Waals surface area (Å²) in [6, 6.07) is 17.3. The topological polar surface area (TPSA) is 45.2 Å². The van der Waals surface area contributed by atoms with Crippen LogP contribution in [0, 0.1) is 0 Å². The van der Waals surface area contributed by atoms with Crippen LogP contribution >= 0.6 is 0 Å². The van der Waals surface area contributed by atoms with Gasteiger partial charge in [0.1, 0.15) is 0 Å². The molecular formula is C24H31N3O. The number of hydrogen-bond acceptors (Lipinski definition) is 3. The Morgan fingerprint density at radius 2 is 1.96 bits per heavy atom. The lowest BCUT2D eigenvalue weighted by molar-refractivity contribution is -0.137. The Bertz CT molecular complexity index is 779. The van der Waals surface area contributed by atoms with Gasteiger partial charge < -0.3 is 10.2 Å². The van der Waals surface area contributed by atoms with Gasteiger partial charge in [-0.25, -0.2) is 0 Å². The first kappa shape index (κ1) is 19.1. The van der Waals surface area contributed by atoms with Gasteiger partial charge in [0, 0.05) is 30.5 Å². The van der Waals surface area contributed by atoms with E-state index in [-0.39, 0.29) is 11.4 Å². The van der Waals surface area contributed by atoms with Crippen molar-refractivity contribution in [3.63, 3.8) is 0 Å². The van der Waals surface area contributed by atoms with Crippen LogP contribution < -0.4 is 5.32 Å². The van der Waals surface area contributed by atoms with Crippen molar-refractivity contribution in [1.82, 2.24) is 15.2 Å². The van der Waals surface area contributed by atoms with Crippen LogP contribution in [-0.2, 0) is 17.6 Å². The normalized spacial score (nSPS) is 27.7. The number of benzene rings is 1. The quantitative estimate of drug-likeness (QED) is 0.882. The van der Waals surface area contributed by atoms with Crippen molar-refractivity contribution in [2.45, 2.75) is 69.5 Å². The van der Waals surface area contributed by atoms with Crippen LogP contribution in [0.4, 0.5) is 0 Å². The van der Waals surface area contributed by atoms with Gasteiger partial charge in [0.15, 0.2) is 0 Å². The summed E-state index contributed by atoms with van der Waals surface area (Å²) in [5, 5.41) is 3.89. The van der Waals surface area contributed by atoms with Crippen molar-refractivity contribution >= 4 is 5.91 Å². The van der Waals surface area contributed by atoms with Gasteiger partial charge in [-0.3, -0.25) is 9.78 Å². The van der Waals surface area contributed by atoms with Crippen LogP contribution in [-0.4, -0.2) is 40.0 Å². The summed E-state index contributed by atoms with van der Waals surface area (Å²) in [6.07, 6.45) is 8.89. The standard InChI is InChI=1S/C24H31N3O/c1-24-18-21(16-19-10-4-2-5-11-19)26-22(24)13-6-3-9-15-27(24)23(28)17-20-12-7-8-14-25-20/h2,4-5,7-8,10-12,14,21-22,26H,3,6,9,13,15-18H2,1H3/t21-,22+,24+/m1/s1. The zero-order valence-electron chi connectivity index (χ0n) is 16.8. The van der Waals surface area contributed by atoms with E-state index in [9.17, 15) is 4.79 Å². The number of hydrogen-bond donors (Lipinski definition) is 1. The first-order valence-corrected chi connectivity index (χ1v) is 10.7. The number of nitrogens with one attached hydrogen (secondary N) is 1. The fraction of sp³-hybridized carbons (Fsp3) is 0.500. The van der Waals surface area contributed by atoms with Crippen LogP contribution in [0.15, 0.2) is 54.7 Å². The zero-order chi connectivity index (χ0) is 19.4. The minimum Gasteiger partial charge on any atom is -0.335 e. The number of amides is 1. The molecule has 3 heterocycles. The molecule has 2 aliphatic rings. The summed E-state index contributed by atoms with van der Waals surface area (Å²) in [5.41, 5.74) is 2.11. The van der Waals surface area contributed by atoms with Gasteiger partial charge in [-0.1, -0.05) is 49.2 Å². The minimum atomic E-state index is -0.119. The lowest BCUT2D eigenvalue weighted by atomic mass is 9.83. The lowest BCUT2D eigenvalue weighted by Crippen LogP contribution is -2.57. The third-order valence-electron chi connectivity index (χ3n) is 6.52. The average Bonchev–Trinajstić information content (AvgIpc) is 2.99. The molecule has 28 heavy (non-hydrogen) atoms. The zero-order valence-corrected chi connectivity index (χ0v) is 16.8. The predicted octanol–water partition coefficient (Wildman–Crippen LogP) is 3.76. The van der Waals surface area contributed by atoms with Crippen molar-refractivity contribution in [2.75, 3.05) is 6.54 Å². The largest absolute Gasteiger partial charge is 0.335 e. The maximum absolute atomic E-state index is 13.3. The predicted molar refractivity (Wildman–Crippen MR) is 112 cm³/mol. The Morgan fingerprint density at radius 3 is 2.75 bits per heavy atom. The number of fused-ring (bicyclic) bond motifs is 1. The average molecular weight is 378 g/mol. The van der Waals surface area contributed by atoms with Crippen molar-refractivity contribution in [3.8, 4) is 0 Å². The molecule has 0 unspecified atom stereocenters. The Kier molecular flexibility index (Phi) is 5.77. The fourth-order valence-corrected chi connectivity index (χ4v) is 5.10. The molecule has 0 spiro atoms. The van der Waals surface area contributed by atoms with Gasteiger partial charge in [-0.15, -0.1) is 0 Å². The summed E-state index contributed by atoms with van der Waals surface area (Å²) in [5.74, 6) is 0.218. The third kappa shape index (κ3) is 4.12. The minimum absolute atomic E-state index is 0.119. The van der Waals surface area contributed by atoms with Gasteiger partial charge in [-0.2, -0.15) is 0 Å². The van der Waals surface area contributed by atoms with Crippen molar-refractivity contribution in [1.29, 1.82) is 0 Å². The molecule has 2 saturated heterocycles. The van der Waals surface area contributed by atoms with Gasteiger partial charge >= 0.3 is 0 Å². The Morgan fingerprint density at radius 1 is 1.14 bits per heavy atom. The third-order valence-corrected chi connectivity index (χ3v) is 6.52. The van der Waals surface area contributed by atoms with E-state index in [4.69, 9.17) is 0 Å². The molecule has 1 N–H and O–H groups in total. The second kappa shape index (κ2) is 8.44. The number of aromatic nitrogens is 1. The van der Waals surface area contributed by atoms with Crippen LogP contribution in [0.1, 0.15) is 50.3 Å². The molecule has 2 fully saturated rings. The van der Waals surface area contributed by atoms with Crippen molar-refractivity contribution in [3.05, 3.63) is 66.0 Å². The highest BCUT2D eigenvalue weighted by Crippen LogP contribution is 2.37. The maximum Gasteiger partial charge on any atom is 0.229 e. The van der Waals surface area contributed by atoms with Gasteiger partial charge in [0.2, 0.25) is 5.91 Å². The van der Waals surface area contributed by atoms with E-state index in [0.717, 1.165) is 37.9 Å². The first-order valence-electron chi connectivity index (χ1n) is 10.7. The van der Waals surface area contributed by atoms with Gasteiger partial charge in [0.05, 0.1) is 12.0 Å². The Labute approximate surface area is 168 Å². The highest BCUT2D eigenvalue weighted by atomic mass is 16.2. The van der Waals surface area contributed by atoms with Crippen LogP contribution in [0.25, 0.3) is 0 Å². The number of likely N-dealkylation sites (tertiary alicyclic amines) is 1. The molecule has 0 saturated carbocycles. The van der Waals surface area contributed by atoms with E-state index in [0.29, 0.717) is 18.5 Å². The number of nitrogens with zero attached hydrogens (tertiary/aromatic N) is 2. The fourth-order valence-electron chi connectivity index (χ4n) is 5.10. The molecular weight excluding hydrogens is 346 g/mol. The van der Waals surface area contributed by atoms with E-state index < -0.39 is 0 Å². The first-order chi connectivity index (χ1) is 13.6. The number of carbonyl (C=O) groups excluding carboxylic acids is 1. The van der Waals surface area contributed by atoms with E-state index in [1.54, 1.807) is 6.20 Å². The molecule has 148 valence electrons. The Balaban J connectivity index is 1.53. The number of pyridine rings is 1. The summed E-state index contributed by atoms with van der Waals surface area (Å²) < 4.78 is 0. The molecule has 4 heteroatoms. The van der Waals surface area contributed by atoms with Crippen molar-refractivity contribution < 1.29 is 4.79 Å². The molecule has 0 bridgehead atoms. The van der Waals surface area contributed by atoms with Gasteiger partial charge in [0.25, 0.3) is 0 Å². The molecule has 1 amide bonds. The molecule has 2 aromatic rings. The second-order valence-corrected chi connectivity index (χ2v) is 8.56. The van der Waals surface area contributed by atoms with Crippen LogP contribution in [0.2, 0.25) is 0 Å². The Hall–Kier alpha value is -2.20. The summed E-state index contributed by atoms with van der Waals surface area (Å²) in [6.45, 7) is 3.16. The molecule has 0 aliphatic carbocycles. The summed E-state index contributed by atoms with van der Waals surface area (Å²) >= 11 is 0. The van der Waals surface area contributed by atoms with Crippen LogP contribution in [0.3, 0.4) is 0 Å². The molecule has 2 aliphatic heterocycles. The van der Waals surface area contributed by atoms with Crippen LogP contribution in [0.5, 0.6) is 0 Å². The van der Waals surface area contributed by atoms with Crippen molar-refractivity contribution in [2.24, 2.45) is 0 Å². The smallest absolute Gasteiger partial charge is 0.229 e. The molecule has 1 aromatic carbocycles.